The lowest BCUT2D eigenvalue weighted by Gasteiger charge is -2.36. The Morgan fingerprint density at radius 2 is 1.66 bits per heavy atom. The van der Waals surface area contributed by atoms with E-state index in [1.807, 2.05) is 36.6 Å². The molecule has 1 aliphatic heterocycles. The first-order valence-electron chi connectivity index (χ1n) is 16.1. The first-order chi connectivity index (χ1) is 22.7. The number of hydrogen-bond acceptors (Lipinski definition) is 7. The number of anilines is 2. The Labute approximate surface area is 285 Å². The van der Waals surface area contributed by atoms with Gasteiger partial charge in [-0.3, -0.25) is 14.4 Å². The maximum Gasteiger partial charge on any atom is 0.322 e. The molecule has 252 valence electrons. The van der Waals surface area contributed by atoms with Crippen LogP contribution in [-0.2, 0) is 25.6 Å². The van der Waals surface area contributed by atoms with E-state index in [0.717, 1.165) is 61.3 Å². The van der Waals surface area contributed by atoms with Crippen molar-refractivity contribution in [1.82, 2.24) is 10.6 Å². The van der Waals surface area contributed by atoms with Gasteiger partial charge in [-0.25, -0.2) is 0 Å². The Balaban J connectivity index is 1.63. The highest BCUT2D eigenvalue weighted by Gasteiger charge is 2.42. The van der Waals surface area contributed by atoms with E-state index in [9.17, 15) is 18.9 Å². The Bertz CT molecular complexity index is 1480. The summed E-state index contributed by atoms with van der Waals surface area (Å²) in [5, 5.41) is 14.0. The number of carboxylic acids is 1. The van der Waals surface area contributed by atoms with Crippen LogP contribution in [0.1, 0.15) is 64.0 Å². The zero-order valence-electron chi connectivity index (χ0n) is 27.3. The van der Waals surface area contributed by atoms with Crippen LogP contribution in [0.2, 0.25) is 0 Å². The predicted octanol–water partition coefficient (Wildman–Crippen LogP) is 6.47. The number of para-hydroxylation sites is 1. The van der Waals surface area contributed by atoms with Crippen LogP contribution in [0.25, 0.3) is 0 Å². The molecule has 1 heterocycles. The smallest absolute Gasteiger partial charge is 0.322 e. The third-order valence-electron chi connectivity index (χ3n) is 8.37. The van der Waals surface area contributed by atoms with Crippen molar-refractivity contribution >= 4 is 52.1 Å². The molecule has 3 aromatic rings. The molecule has 2 amide bonds. The van der Waals surface area contributed by atoms with Crippen LogP contribution in [0, 0.1) is 5.41 Å². The fraction of sp³-hybridized carbons (Fsp3) is 0.417. The number of ether oxygens (including phenoxy) is 1. The van der Waals surface area contributed by atoms with Gasteiger partial charge in [0.15, 0.2) is 11.5 Å². The SMILES string of the molecule is CCCCC1(CCCC)CN(c2ccccc2)c2cc(SC)c(OCC(=O)N[C@@H](C(=O)NCC(=O)O)c3ccccc3)cc2[S+]([O-])C1. The molecule has 0 saturated heterocycles. The van der Waals surface area contributed by atoms with Crippen molar-refractivity contribution < 1.29 is 28.8 Å². The van der Waals surface area contributed by atoms with Gasteiger partial charge in [-0.1, -0.05) is 88.1 Å². The number of aliphatic carboxylic acids is 1. The number of carbonyl (C=O) groups excluding carboxylic acids is 2. The third-order valence-corrected chi connectivity index (χ3v) is 10.8. The summed E-state index contributed by atoms with van der Waals surface area (Å²) in [7, 11) is 0. The van der Waals surface area contributed by atoms with Gasteiger partial charge in [-0.05, 0) is 54.0 Å². The van der Waals surface area contributed by atoms with Crippen LogP contribution in [0.15, 0.2) is 82.6 Å². The van der Waals surface area contributed by atoms with Gasteiger partial charge in [0.2, 0.25) is 5.91 Å². The monoisotopic (exact) mass is 679 g/mol. The van der Waals surface area contributed by atoms with Crippen LogP contribution >= 0.6 is 11.8 Å². The zero-order chi connectivity index (χ0) is 33.8. The van der Waals surface area contributed by atoms with E-state index < -0.39 is 48.2 Å². The number of benzene rings is 3. The first kappa shape index (κ1) is 36.2. The van der Waals surface area contributed by atoms with Crippen LogP contribution in [-0.4, -0.2) is 59.1 Å². The standard InChI is InChI=1S/C36H45N3O6S2/c1-4-6-18-36(19-7-5-2)24-39(27-16-12-9-13-17-27)28-20-30(46-3)29(21-31(28)47(44)25-36)45-23-32(40)38-34(26-14-10-8-11-15-26)35(43)37-22-33(41)42/h8-17,20-21,34H,4-7,18-19,22-25H2,1-3H3,(H,37,43)(H,38,40)(H,41,42)/t34-,47?/m1/s1. The average Bonchev–Trinajstić information content (AvgIpc) is 3.20. The van der Waals surface area contributed by atoms with Crippen LogP contribution in [0.5, 0.6) is 5.75 Å². The van der Waals surface area contributed by atoms with Crippen molar-refractivity contribution in [3.63, 3.8) is 0 Å². The number of carbonyl (C=O) groups is 3. The number of hydrogen-bond donors (Lipinski definition) is 3. The summed E-state index contributed by atoms with van der Waals surface area (Å²) < 4.78 is 20.3. The zero-order valence-corrected chi connectivity index (χ0v) is 29.0. The second-order valence-electron chi connectivity index (χ2n) is 11.9. The number of nitrogens with zero attached hydrogens (tertiary/aromatic N) is 1. The average molecular weight is 680 g/mol. The minimum Gasteiger partial charge on any atom is -0.611 e. The lowest BCUT2D eigenvalue weighted by atomic mass is 9.79. The van der Waals surface area contributed by atoms with Crippen LogP contribution < -0.4 is 20.3 Å². The molecule has 0 radical (unpaired) electrons. The lowest BCUT2D eigenvalue weighted by molar-refractivity contribution is -0.138. The number of rotatable bonds is 16. The number of carboxylic acid groups (broad SMARTS) is 1. The van der Waals surface area contributed by atoms with Gasteiger partial charge in [-0.15, -0.1) is 11.8 Å². The molecule has 0 saturated carbocycles. The number of unbranched alkanes of at least 4 members (excludes halogenated alkanes) is 2. The van der Waals surface area contributed by atoms with E-state index in [1.165, 1.54) is 11.8 Å². The number of fused-ring (bicyclic) bond motifs is 1. The molecule has 47 heavy (non-hydrogen) atoms. The summed E-state index contributed by atoms with van der Waals surface area (Å²) >= 11 is 0.159. The Morgan fingerprint density at radius 3 is 2.26 bits per heavy atom. The molecule has 3 N–H and O–H groups in total. The van der Waals surface area contributed by atoms with Gasteiger partial charge in [-0.2, -0.15) is 0 Å². The molecule has 0 spiro atoms. The Kier molecular flexibility index (Phi) is 13.4. The molecule has 2 atom stereocenters. The molecule has 9 nitrogen and oxygen atoms in total. The van der Waals surface area contributed by atoms with Crippen molar-refractivity contribution in [1.29, 1.82) is 0 Å². The fourth-order valence-corrected chi connectivity index (χ4v) is 8.23. The molecule has 0 fully saturated rings. The molecular weight excluding hydrogens is 635 g/mol. The van der Waals surface area contributed by atoms with Gasteiger partial charge in [0.25, 0.3) is 5.91 Å². The quantitative estimate of drug-likeness (QED) is 0.116. The van der Waals surface area contributed by atoms with Gasteiger partial charge in [0.1, 0.15) is 24.1 Å². The van der Waals surface area contributed by atoms with E-state index in [0.29, 0.717) is 22.0 Å². The molecule has 0 aromatic heterocycles. The van der Waals surface area contributed by atoms with Crippen molar-refractivity contribution in [3.05, 3.63) is 78.4 Å². The first-order valence-corrected chi connectivity index (χ1v) is 18.6. The summed E-state index contributed by atoms with van der Waals surface area (Å²) in [4.78, 5) is 40.8. The summed E-state index contributed by atoms with van der Waals surface area (Å²) in [6, 6.07) is 21.5. The van der Waals surface area contributed by atoms with Gasteiger partial charge < -0.3 is 29.9 Å². The molecule has 1 unspecified atom stereocenters. The van der Waals surface area contributed by atoms with Gasteiger partial charge in [0.05, 0.1) is 10.6 Å². The van der Waals surface area contributed by atoms with E-state index in [1.54, 1.807) is 30.3 Å². The van der Waals surface area contributed by atoms with E-state index in [2.05, 4.69) is 41.5 Å². The highest BCUT2D eigenvalue weighted by molar-refractivity contribution is 7.98. The summed E-state index contributed by atoms with van der Waals surface area (Å²) in [5.41, 5.74) is 2.30. The van der Waals surface area contributed by atoms with Gasteiger partial charge >= 0.3 is 5.97 Å². The highest BCUT2D eigenvalue weighted by atomic mass is 32.2. The maximum absolute atomic E-state index is 14.3. The Hall–Kier alpha value is -3.67. The molecule has 11 heteroatoms. The summed E-state index contributed by atoms with van der Waals surface area (Å²) in [5.74, 6) is -1.41. The fourth-order valence-electron chi connectivity index (χ4n) is 5.94. The topological polar surface area (TPSA) is 131 Å². The van der Waals surface area contributed by atoms with Gasteiger partial charge in [0, 0.05) is 23.7 Å². The minimum atomic E-state index is -1.32. The van der Waals surface area contributed by atoms with E-state index >= 15 is 0 Å². The number of nitrogens with one attached hydrogen (secondary N) is 2. The largest absolute Gasteiger partial charge is 0.611 e. The molecule has 0 bridgehead atoms. The Morgan fingerprint density at radius 1 is 1.02 bits per heavy atom. The summed E-state index contributed by atoms with van der Waals surface area (Å²) in [6.45, 7) is 4.18. The molecule has 3 aromatic carbocycles. The van der Waals surface area contributed by atoms with Crippen molar-refractivity contribution in [2.24, 2.45) is 5.41 Å². The van der Waals surface area contributed by atoms with E-state index in [-0.39, 0.29) is 5.41 Å². The van der Waals surface area contributed by atoms with Crippen molar-refractivity contribution in [2.75, 3.05) is 36.6 Å². The minimum absolute atomic E-state index is 0.125. The van der Waals surface area contributed by atoms with Crippen LogP contribution in [0.4, 0.5) is 11.4 Å². The maximum atomic E-state index is 14.3. The third kappa shape index (κ3) is 9.68. The molecule has 1 aliphatic rings. The van der Waals surface area contributed by atoms with Crippen molar-refractivity contribution in [3.8, 4) is 5.75 Å². The second kappa shape index (κ2) is 17.5. The van der Waals surface area contributed by atoms with E-state index in [4.69, 9.17) is 9.84 Å². The van der Waals surface area contributed by atoms with Crippen molar-refractivity contribution in [2.45, 2.75) is 68.2 Å². The highest BCUT2D eigenvalue weighted by Crippen LogP contribution is 2.47. The molecular formula is C36H45N3O6S2. The summed E-state index contributed by atoms with van der Waals surface area (Å²) in [6.07, 6.45) is 8.20. The predicted molar refractivity (Wildman–Crippen MR) is 188 cm³/mol. The molecule has 0 aliphatic carbocycles. The number of thioether (sulfide) groups is 1. The lowest BCUT2D eigenvalue weighted by Crippen LogP contribution is -2.43. The number of amides is 2. The van der Waals surface area contributed by atoms with Crippen LogP contribution in [0.3, 0.4) is 0 Å². The normalized spacial score (nSPS) is 16.0. The second-order valence-corrected chi connectivity index (χ2v) is 14.2. The molecule has 4 rings (SSSR count).